The minimum absolute atomic E-state index is 0.00806. The molecule has 41 nitrogen and oxygen atoms in total. The van der Waals surface area contributed by atoms with Crippen LogP contribution in [-0.4, -0.2) is 259 Å². The summed E-state index contributed by atoms with van der Waals surface area (Å²) >= 11 is 0. The monoisotopic (exact) mass is 1920 g/mol. The maximum Gasteiger partial charge on any atom is 0.509 e. The first-order valence-electron chi connectivity index (χ1n) is 47.3. The molecule has 24 rings (SSSR count). The first-order valence-corrected chi connectivity index (χ1v) is 49.2. The van der Waals surface area contributed by atoms with E-state index in [-0.39, 0.29) is 165 Å². The van der Waals surface area contributed by atoms with Gasteiger partial charge in [0.2, 0.25) is 0 Å². The molecule has 26 atom stereocenters. The van der Waals surface area contributed by atoms with Crippen molar-refractivity contribution in [2.45, 2.75) is 333 Å². The standard InChI is InChI=1S/C14H18O8.C12H22O6Si.C11H10O3.C10H12O6.C10H8O3.C9H12O3.C9H14O2.C7H10O3.C6H8O3.C5H6O4/c15-12(18-5-1-2-9-7-19-13(16)20-9)8-3-4-10-11(6-8)22-14(17)21-10;1-14-19(15-2,16-3)7-6-9-4-5-10-11(8-9)18-12(13)17-10;12-11-13-9-6-5-7-3-1-2-4-8(7)10(9)14-11;11-9-13-4-8(16-9)5-1-2-6-7(3-5)15-10(12)14-6;11-10-12-8-5-6-3-1-2-4-7(6)9(8)13-10;1-2-6-3-4-7-8(5-6)12-9(10)11-7;10-9-6-7-4-2-1-3-5-8(7)11-9;8-7-9-5-3-1-2-4-6(5)10-7;7-6-8-4-2-1-3-5(4)9-6;6-5-8-3-1-7-2-4(3)9-5/h8-11H,1-7H2;9-11H,4-8H2,1-3H3;1-4,9-10H,5-6H2;5-8H,1-4H2;1-4,8-9H,5H2;2,6-8H,1,3-5H2;7-8H,1-6H2;5-6H,1-4H2;4-5H,1-3H2;3-4H,1-2H2. The second kappa shape index (κ2) is 46.8. The molecule has 22 aliphatic rings. The SMILES string of the molecule is C=CC1CCC2OC(=O)OC2C1.CO[Si](CCC1CCC2OC(=O)OC2C1)(OC)OC.O=C1CC2CCCCCC2O1.O=C1OC2CCCC2O1.O=C1OC2CCCCC2O1.O=C1OC2CCc3ccccc3C2O1.O=C1OC2COCC2O1.O=C1OC2Cc3ccccc3C2O1.O=C1OCC(C2CCC3OC(=O)OC3C2)O1.O=C1OCC(CCCOC(=O)C2CCC3OC(=O)OC3C2)O1. The molecule has 0 bridgehead atoms. The molecule has 0 spiro atoms. The highest BCUT2D eigenvalue weighted by atomic mass is 28.4. The molecule has 0 amide bonds. The molecule has 13 saturated heterocycles. The number of rotatable bonds is 13. The molecule has 0 N–H and O–H groups in total. The quantitative estimate of drug-likeness (QED) is 0.0591. The van der Waals surface area contributed by atoms with Gasteiger partial charge in [0, 0.05) is 52.1 Å². The molecule has 42 heteroatoms. The first kappa shape index (κ1) is 98.7. The zero-order chi connectivity index (χ0) is 94.7. The smallest absolute Gasteiger partial charge is 0.465 e. The summed E-state index contributed by atoms with van der Waals surface area (Å²) in [5, 5.41) is 0. The molecule has 0 radical (unpaired) electrons. The van der Waals surface area contributed by atoms with E-state index >= 15 is 0 Å². The summed E-state index contributed by atoms with van der Waals surface area (Å²) in [5.41, 5.74) is 4.70. The topological polar surface area (TPSA) is 480 Å². The maximum atomic E-state index is 12.0. The van der Waals surface area contributed by atoms with Crippen LogP contribution >= 0.6 is 0 Å². The van der Waals surface area contributed by atoms with Crippen molar-refractivity contribution in [2.24, 2.45) is 29.6 Å². The van der Waals surface area contributed by atoms with Crippen molar-refractivity contribution in [3.8, 4) is 0 Å². The fourth-order valence-electron chi connectivity index (χ4n) is 20.8. The zero-order valence-corrected chi connectivity index (χ0v) is 76.8. The highest BCUT2D eigenvalue weighted by Gasteiger charge is 2.52. The van der Waals surface area contributed by atoms with Crippen molar-refractivity contribution in [1.29, 1.82) is 0 Å². The second-order valence-electron chi connectivity index (χ2n) is 36.6. The second-order valence-corrected chi connectivity index (χ2v) is 39.7. The van der Waals surface area contributed by atoms with E-state index in [9.17, 15) is 62.3 Å². The number of esters is 2. The number of ether oxygens (including phenoxy) is 25. The Morgan fingerprint density at radius 2 is 0.800 bits per heavy atom. The average Bonchev–Trinajstić information content (AvgIpc) is 1.63. The number of aryl methyl sites for hydroxylation is 1. The number of carbonyl (C=O) groups excluding carboxylic acids is 13. The third kappa shape index (κ3) is 26.5. The molecular weight excluding hydrogens is 1800 g/mol. The Morgan fingerprint density at radius 3 is 1.37 bits per heavy atom. The van der Waals surface area contributed by atoms with Crippen LogP contribution in [0.5, 0.6) is 0 Å². The molecule has 742 valence electrons. The van der Waals surface area contributed by atoms with Gasteiger partial charge in [-0.2, -0.15) is 0 Å². The van der Waals surface area contributed by atoms with Crippen molar-refractivity contribution in [3.05, 3.63) is 83.4 Å². The van der Waals surface area contributed by atoms with E-state index < -0.39 is 76.5 Å². The van der Waals surface area contributed by atoms with Gasteiger partial charge in [-0.3, -0.25) is 9.59 Å². The Morgan fingerprint density at radius 1 is 0.356 bits per heavy atom. The van der Waals surface area contributed by atoms with Crippen molar-refractivity contribution in [3.63, 3.8) is 0 Å². The van der Waals surface area contributed by atoms with Gasteiger partial charge in [-0.25, -0.2) is 52.7 Å². The van der Waals surface area contributed by atoms with Crippen LogP contribution in [0.3, 0.4) is 0 Å². The Hall–Kier alpha value is -10.9. The lowest BCUT2D eigenvalue weighted by atomic mass is 9.82. The van der Waals surface area contributed by atoms with E-state index in [0.29, 0.717) is 82.5 Å². The minimum Gasteiger partial charge on any atom is -0.465 e. The number of cyclic esters (lactones) is 4. The lowest BCUT2D eigenvalue weighted by Crippen LogP contribution is -2.43. The van der Waals surface area contributed by atoms with E-state index in [1.807, 2.05) is 48.5 Å². The van der Waals surface area contributed by atoms with Gasteiger partial charge in [-0.05, 0) is 201 Å². The summed E-state index contributed by atoms with van der Waals surface area (Å²) in [4.78, 5) is 141. The number of hydrogen-bond acceptors (Lipinski definition) is 41. The summed E-state index contributed by atoms with van der Waals surface area (Å²) in [5.74, 6) is 1.24. The molecule has 7 saturated carbocycles. The van der Waals surface area contributed by atoms with Gasteiger partial charge < -0.3 is 132 Å². The van der Waals surface area contributed by atoms with Crippen molar-refractivity contribution >= 4 is 88.5 Å². The molecule has 13 aliphatic heterocycles. The fraction of sp³-hybridized carbons (Fsp3) is 0.710. The van der Waals surface area contributed by atoms with E-state index in [4.69, 9.17) is 127 Å². The summed E-state index contributed by atoms with van der Waals surface area (Å²) in [6, 6.07) is 16.8. The summed E-state index contributed by atoms with van der Waals surface area (Å²) in [6.07, 6.45) is 22.8. The van der Waals surface area contributed by atoms with Crippen LogP contribution in [0.1, 0.15) is 221 Å². The van der Waals surface area contributed by atoms with Gasteiger partial charge in [0.1, 0.15) is 111 Å². The largest absolute Gasteiger partial charge is 0.509 e. The van der Waals surface area contributed by atoms with Gasteiger partial charge in [-0.1, -0.05) is 67.4 Å². The molecular formula is C93H120O41Si. The minimum atomic E-state index is -2.49. The Kier molecular flexibility index (Phi) is 34.2. The van der Waals surface area contributed by atoms with Crippen LogP contribution in [0, 0.1) is 29.6 Å². The van der Waals surface area contributed by atoms with E-state index in [1.165, 1.54) is 36.8 Å². The number of benzene rings is 2. The third-order valence-electron chi connectivity index (χ3n) is 28.0. The molecule has 20 fully saturated rings. The maximum absolute atomic E-state index is 12.0. The van der Waals surface area contributed by atoms with Crippen molar-refractivity contribution in [1.82, 2.24) is 0 Å². The highest BCUT2D eigenvalue weighted by molar-refractivity contribution is 6.60. The van der Waals surface area contributed by atoms with Crippen LogP contribution in [0.2, 0.25) is 6.04 Å². The van der Waals surface area contributed by atoms with Crippen molar-refractivity contribution in [2.75, 3.05) is 54.4 Å². The first-order chi connectivity index (χ1) is 65.4. The van der Waals surface area contributed by atoms with Crippen LogP contribution in [-0.2, 0) is 154 Å². The number of fused-ring (bicyclic) bond motifs is 14. The van der Waals surface area contributed by atoms with Crippen LogP contribution in [0.4, 0.5) is 52.7 Å². The Balaban J connectivity index is 0.000000116. The average molecular weight is 1920 g/mol. The van der Waals surface area contributed by atoms with Crippen LogP contribution in [0.15, 0.2) is 61.2 Å². The van der Waals surface area contributed by atoms with E-state index in [2.05, 4.69) is 17.4 Å². The molecule has 2 aromatic carbocycles. The van der Waals surface area contributed by atoms with E-state index in [0.717, 1.165) is 146 Å². The summed E-state index contributed by atoms with van der Waals surface area (Å²) in [6.45, 7) is 5.53. The lowest BCUT2D eigenvalue weighted by molar-refractivity contribution is -0.151. The van der Waals surface area contributed by atoms with Crippen LogP contribution in [0.25, 0.3) is 0 Å². The zero-order valence-electron chi connectivity index (χ0n) is 75.8. The van der Waals surface area contributed by atoms with Gasteiger partial charge in [0.15, 0.2) is 30.5 Å². The lowest BCUT2D eigenvalue weighted by Gasteiger charge is -2.30. The predicted molar refractivity (Wildman–Crippen MR) is 452 cm³/mol. The number of allylic oxidation sites excluding steroid dienone is 1. The third-order valence-corrected chi connectivity index (χ3v) is 30.8. The van der Waals surface area contributed by atoms with Crippen molar-refractivity contribution < 1.29 is 194 Å². The predicted octanol–water partition coefficient (Wildman–Crippen LogP) is 15.0. The van der Waals surface area contributed by atoms with Gasteiger partial charge in [0.25, 0.3) is 0 Å². The van der Waals surface area contributed by atoms with Gasteiger partial charge >= 0.3 is 88.5 Å². The van der Waals surface area contributed by atoms with E-state index in [1.54, 1.807) is 21.3 Å². The number of carbonyl (C=O) groups is 13. The summed E-state index contributed by atoms with van der Waals surface area (Å²) in [7, 11) is 2.40. The Labute approximate surface area is 779 Å². The molecule has 26 unspecified atom stereocenters. The normalized spacial score (nSPS) is 35.2. The summed E-state index contributed by atoms with van der Waals surface area (Å²) < 4.78 is 140. The molecule has 9 aliphatic carbocycles. The highest BCUT2D eigenvalue weighted by Crippen LogP contribution is 2.45. The molecule has 135 heavy (non-hydrogen) atoms. The molecule has 13 heterocycles. The molecule has 0 aromatic heterocycles. The molecule has 2 aromatic rings. The van der Waals surface area contributed by atoms with Crippen LogP contribution < -0.4 is 0 Å². The fourth-order valence-corrected chi connectivity index (χ4v) is 22.7. The number of hydrogen-bond donors (Lipinski definition) is 0. The Bertz CT molecular complexity index is 4360. The van der Waals surface area contributed by atoms with Gasteiger partial charge in [-0.15, -0.1) is 6.58 Å². The van der Waals surface area contributed by atoms with Gasteiger partial charge in [0.05, 0.1) is 32.2 Å².